The number of hydrazine groups is 1. The van der Waals surface area contributed by atoms with Crippen molar-refractivity contribution in [1.29, 1.82) is 0 Å². The van der Waals surface area contributed by atoms with Crippen LogP contribution in [0.15, 0.2) is 40.9 Å². The topological polar surface area (TPSA) is 41.7 Å². The Hall–Kier alpha value is -2.22. The van der Waals surface area contributed by atoms with Gasteiger partial charge < -0.3 is 8.95 Å². The van der Waals surface area contributed by atoms with E-state index >= 15 is 0 Å². The lowest BCUT2D eigenvalue weighted by Gasteiger charge is -2.42. The summed E-state index contributed by atoms with van der Waals surface area (Å²) >= 11 is 0. The summed E-state index contributed by atoms with van der Waals surface area (Å²) in [7, 11) is -1.99. The minimum atomic E-state index is -1.99. The summed E-state index contributed by atoms with van der Waals surface area (Å²) in [5.74, 6) is 1.11. The van der Waals surface area contributed by atoms with Crippen molar-refractivity contribution >= 4 is 19.3 Å². The molecule has 1 aromatic heterocycles. The largest absolute Gasteiger partial charge is 0.543 e. The maximum Gasteiger partial charge on any atom is 0.258 e. The first-order valence-electron chi connectivity index (χ1n) is 14.5. The minimum Gasteiger partial charge on any atom is -0.543 e. The number of nitrogens with zero attached hydrogens (tertiary/aromatic N) is 3. The monoisotopic (exact) mass is 537 g/mol. The molecule has 2 aromatic carbocycles. The SMILES string of the molecule is CCC1c2ccc(O[Si](C(C)C)(C(C)C)C(C)C)cc2CN1N1CCC(c2noc3cc(F)ccc23)CC1. The average molecular weight is 538 g/mol. The van der Waals surface area contributed by atoms with Gasteiger partial charge in [0.05, 0.1) is 5.69 Å². The lowest BCUT2D eigenvalue weighted by atomic mass is 9.92. The summed E-state index contributed by atoms with van der Waals surface area (Å²) in [6.07, 6.45) is 3.11. The van der Waals surface area contributed by atoms with E-state index in [2.05, 4.69) is 81.8 Å². The van der Waals surface area contributed by atoms with E-state index in [-0.39, 0.29) is 5.82 Å². The number of halogens is 1. The highest BCUT2D eigenvalue weighted by molar-refractivity contribution is 6.78. The van der Waals surface area contributed by atoms with Crippen molar-refractivity contribution in [2.45, 2.75) is 103 Å². The lowest BCUT2D eigenvalue weighted by Crippen LogP contribution is -2.50. The van der Waals surface area contributed by atoms with Crippen LogP contribution in [-0.4, -0.2) is 36.6 Å². The van der Waals surface area contributed by atoms with Crippen LogP contribution >= 0.6 is 0 Å². The van der Waals surface area contributed by atoms with Crippen LogP contribution in [0.25, 0.3) is 11.0 Å². The van der Waals surface area contributed by atoms with Crippen LogP contribution in [0.2, 0.25) is 16.6 Å². The first-order chi connectivity index (χ1) is 18.1. The van der Waals surface area contributed by atoms with E-state index in [0.29, 0.717) is 34.2 Å². The number of rotatable bonds is 8. The quantitative estimate of drug-likeness (QED) is 0.269. The van der Waals surface area contributed by atoms with Crippen LogP contribution in [-0.2, 0) is 6.54 Å². The van der Waals surface area contributed by atoms with E-state index in [1.54, 1.807) is 0 Å². The Morgan fingerprint density at radius 1 is 1.00 bits per heavy atom. The van der Waals surface area contributed by atoms with Gasteiger partial charge in [-0.05, 0) is 71.3 Å². The predicted molar refractivity (Wildman–Crippen MR) is 154 cm³/mol. The van der Waals surface area contributed by atoms with Crippen molar-refractivity contribution < 1.29 is 13.3 Å². The van der Waals surface area contributed by atoms with Crippen molar-refractivity contribution in [3.05, 3.63) is 59.0 Å². The van der Waals surface area contributed by atoms with Gasteiger partial charge in [-0.3, -0.25) is 0 Å². The molecule has 7 heteroatoms. The normalized spacial score (nSPS) is 19.8. The molecule has 5 nitrogen and oxygen atoms in total. The standard InChI is InChI=1S/C31H44FN3O2Si/c1-8-29-27-12-10-26(37-38(20(2)3,21(4)5)22(6)7)17-24(27)19-35(29)34-15-13-23(14-16-34)31-28-11-9-25(32)18-30(28)36-33-31/h9-12,17-18,20-23,29H,8,13-16,19H2,1-7H3. The highest BCUT2D eigenvalue weighted by Crippen LogP contribution is 2.45. The van der Waals surface area contributed by atoms with Gasteiger partial charge in [0.1, 0.15) is 11.6 Å². The summed E-state index contributed by atoms with van der Waals surface area (Å²) in [6, 6.07) is 12.0. The van der Waals surface area contributed by atoms with Crippen molar-refractivity contribution in [1.82, 2.24) is 15.2 Å². The summed E-state index contributed by atoms with van der Waals surface area (Å²) in [5, 5.41) is 10.4. The number of piperidine rings is 1. The molecule has 0 N–H and O–H groups in total. The van der Waals surface area contributed by atoms with Crippen LogP contribution in [0, 0.1) is 5.82 Å². The fourth-order valence-corrected chi connectivity index (χ4v) is 12.7. The Bertz CT molecular complexity index is 1240. The zero-order chi connectivity index (χ0) is 27.2. The van der Waals surface area contributed by atoms with E-state index in [4.69, 9.17) is 8.95 Å². The molecule has 1 fully saturated rings. The van der Waals surface area contributed by atoms with Crippen LogP contribution in [0.1, 0.15) is 96.5 Å². The van der Waals surface area contributed by atoms with E-state index in [1.807, 2.05) is 6.07 Å². The Morgan fingerprint density at radius 2 is 1.68 bits per heavy atom. The molecule has 0 bridgehead atoms. The van der Waals surface area contributed by atoms with Crippen molar-refractivity contribution in [3.8, 4) is 5.75 Å². The van der Waals surface area contributed by atoms with Crippen LogP contribution in [0.4, 0.5) is 4.39 Å². The molecule has 1 atom stereocenters. The van der Waals surface area contributed by atoms with Gasteiger partial charge >= 0.3 is 0 Å². The number of benzene rings is 2. The van der Waals surface area contributed by atoms with Crippen LogP contribution in [0.5, 0.6) is 5.75 Å². The predicted octanol–water partition coefficient (Wildman–Crippen LogP) is 8.58. The molecule has 2 aliphatic heterocycles. The zero-order valence-electron chi connectivity index (χ0n) is 24.1. The van der Waals surface area contributed by atoms with Gasteiger partial charge in [0.2, 0.25) is 0 Å². The van der Waals surface area contributed by atoms with E-state index in [1.165, 1.54) is 23.3 Å². The second-order valence-corrected chi connectivity index (χ2v) is 17.6. The molecule has 206 valence electrons. The molecule has 0 spiro atoms. The fourth-order valence-electron chi connectivity index (χ4n) is 7.46. The number of fused-ring (bicyclic) bond motifs is 2. The van der Waals surface area contributed by atoms with Gasteiger partial charge in [-0.1, -0.05) is 59.7 Å². The highest BCUT2D eigenvalue weighted by Gasteiger charge is 2.47. The molecule has 3 aromatic rings. The average Bonchev–Trinajstić information content (AvgIpc) is 3.47. The smallest absolute Gasteiger partial charge is 0.258 e. The van der Waals surface area contributed by atoms with Gasteiger partial charge in [0, 0.05) is 43.0 Å². The minimum absolute atomic E-state index is 0.284. The number of hydrogen-bond acceptors (Lipinski definition) is 5. The summed E-state index contributed by atoms with van der Waals surface area (Å²) < 4.78 is 26.1. The molecular weight excluding hydrogens is 493 g/mol. The molecule has 0 radical (unpaired) electrons. The van der Waals surface area contributed by atoms with Gasteiger partial charge in [-0.15, -0.1) is 0 Å². The molecule has 5 rings (SSSR count). The van der Waals surface area contributed by atoms with Gasteiger partial charge in [-0.25, -0.2) is 14.4 Å². The Balaban J connectivity index is 1.31. The van der Waals surface area contributed by atoms with Gasteiger partial charge in [-0.2, -0.15) is 0 Å². The molecule has 2 aliphatic rings. The second-order valence-electron chi connectivity index (χ2n) is 12.2. The first-order valence-corrected chi connectivity index (χ1v) is 16.7. The van der Waals surface area contributed by atoms with Crippen LogP contribution < -0.4 is 4.43 Å². The van der Waals surface area contributed by atoms with Crippen LogP contribution in [0.3, 0.4) is 0 Å². The molecule has 38 heavy (non-hydrogen) atoms. The Morgan fingerprint density at radius 3 is 2.32 bits per heavy atom. The zero-order valence-corrected chi connectivity index (χ0v) is 25.1. The number of hydrogen-bond donors (Lipinski definition) is 0. The fraction of sp³-hybridized carbons (Fsp3) is 0.581. The van der Waals surface area contributed by atoms with E-state index in [9.17, 15) is 4.39 Å². The summed E-state index contributed by atoms with van der Waals surface area (Å²) in [5.41, 5.74) is 6.03. The molecule has 1 unspecified atom stereocenters. The summed E-state index contributed by atoms with van der Waals surface area (Å²) in [6.45, 7) is 19.3. The maximum atomic E-state index is 13.6. The molecular formula is C31H44FN3O2Si. The number of aromatic nitrogens is 1. The molecule has 3 heterocycles. The third-order valence-electron chi connectivity index (χ3n) is 9.24. The molecule has 0 saturated carbocycles. The third kappa shape index (κ3) is 4.71. The van der Waals surface area contributed by atoms with Gasteiger partial charge in [0.15, 0.2) is 5.58 Å². The Labute approximate surface area is 228 Å². The van der Waals surface area contributed by atoms with Crippen molar-refractivity contribution in [3.63, 3.8) is 0 Å². The highest BCUT2D eigenvalue weighted by atomic mass is 28.4. The molecule has 0 aliphatic carbocycles. The van der Waals surface area contributed by atoms with E-state index < -0.39 is 8.32 Å². The third-order valence-corrected chi connectivity index (χ3v) is 15.2. The lowest BCUT2D eigenvalue weighted by molar-refractivity contribution is -0.0749. The maximum absolute atomic E-state index is 13.6. The van der Waals surface area contributed by atoms with Gasteiger partial charge in [0.25, 0.3) is 8.32 Å². The molecule has 0 amide bonds. The second kappa shape index (κ2) is 10.7. The first kappa shape index (κ1) is 27.3. The van der Waals surface area contributed by atoms with E-state index in [0.717, 1.165) is 55.7 Å². The van der Waals surface area contributed by atoms with Crippen molar-refractivity contribution in [2.24, 2.45) is 0 Å². The van der Waals surface area contributed by atoms with Crippen molar-refractivity contribution in [2.75, 3.05) is 13.1 Å². The Kier molecular flexibility index (Phi) is 7.73. The molecule has 1 saturated heterocycles. The summed E-state index contributed by atoms with van der Waals surface area (Å²) in [4.78, 5) is 0.